The number of amides is 2. The molecule has 0 radical (unpaired) electrons. The molecule has 0 bridgehead atoms. The third-order valence-corrected chi connectivity index (χ3v) is 5.60. The van der Waals surface area contributed by atoms with Gasteiger partial charge in [0.2, 0.25) is 0 Å². The fraction of sp³-hybridized carbons (Fsp3) is 0.722. The Kier molecular flexibility index (Phi) is 4.41. The fourth-order valence-electron chi connectivity index (χ4n) is 4.19. The standard InChI is InChI=1S/C18H28N2O3/c1-12-10-16(14(3)23-12)13(2)19-17(21)20-9-8-18(22)7-5-4-6-15(18)11-20/h10,13,15,22H,4-9,11H2,1-3H3,(H,19,21). The van der Waals surface area contributed by atoms with Crippen LogP contribution >= 0.6 is 0 Å². The maximum Gasteiger partial charge on any atom is 0.317 e. The SMILES string of the molecule is Cc1cc(C(C)NC(=O)N2CCC3(O)CCCCC3C2)c(C)o1. The molecule has 1 aliphatic carbocycles. The van der Waals surface area contributed by atoms with Crippen LogP contribution < -0.4 is 5.32 Å². The lowest BCUT2D eigenvalue weighted by Crippen LogP contribution is -2.56. The molecule has 1 aliphatic heterocycles. The van der Waals surface area contributed by atoms with Crippen LogP contribution in [0.25, 0.3) is 0 Å². The van der Waals surface area contributed by atoms with Gasteiger partial charge in [-0.2, -0.15) is 0 Å². The molecule has 2 heterocycles. The van der Waals surface area contributed by atoms with E-state index in [1.165, 1.54) is 0 Å². The number of nitrogens with zero attached hydrogens (tertiary/aromatic N) is 1. The molecular weight excluding hydrogens is 292 g/mol. The number of rotatable bonds is 2. The van der Waals surface area contributed by atoms with Gasteiger partial charge in [-0.25, -0.2) is 4.79 Å². The molecule has 1 aromatic rings. The molecule has 23 heavy (non-hydrogen) atoms. The monoisotopic (exact) mass is 320 g/mol. The second-order valence-corrected chi connectivity index (χ2v) is 7.28. The van der Waals surface area contributed by atoms with Crippen molar-refractivity contribution in [1.29, 1.82) is 0 Å². The molecule has 1 aromatic heterocycles. The zero-order valence-electron chi connectivity index (χ0n) is 14.4. The lowest BCUT2D eigenvalue weighted by molar-refractivity contribution is -0.0871. The summed E-state index contributed by atoms with van der Waals surface area (Å²) in [6.45, 7) is 7.12. The minimum absolute atomic E-state index is 0.0385. The molecule has 3 unspecified atom stereocenters. The molecule has 0 aromatic carbocycles. The first-order valence-electron chi connectivity index (χ1n) is 8.74. The molecule has 128 valence electrons. The number of fused-ring (bicyclic) bond motifs is 1. The summed E-state index contributed by atoms with van der Waals surface area (Å²) in [5.41, 5.74) is 0.487. The van der Waals surface area contributed by atoms with E-state index >= 15 is 0 Å². The Balaban J connectivity index is 1.61. The molecule has 0 spiro atoms. The van der Waals surface area contributed by atoms with Crippen LogP contribution in [0.15, 0.2) is 10.5 Å². The molecule has 2 aliphatic rings. The number of furan rings is 1. The Labute approximate surface area is 138 Å². The first-order chi connectivity index (χ1) is 10.9. The summed E-state index contributed by atoms with van der Waals surface area (Å²) in [5, 5.41) is 13.8. The van der Waals surface area contributed by atoms with Gasteiger partial charge in [-0.3, -0.25) is 0 Å². The highest BCUT2D eigenvalue weighted by Gasteiger charge is 2.43. The topological polar surface area (TPSA) is 65.7 Å². The molecule has 2 amide bonds. The van der Waals surface area contributed by atoms with E-state index in [0.717, 1.165) is 42.8 Å². The minimum Gasteiger partial charge on any atom is -0.466 e. The van der Waals surface area contributed by atoms with Crippen molar-refractivity contribution < 1.29 is 14.3 Å². The maximum absolute atomic E-state index is 12.6. The summed E-state index contributed by atoms with van der Waals surface area (Å²) in [5.74, 6) is 1.95. The summed E-state index contributed by atoms with van der Waals surface area (Å²) in [4.78, 5) is 14.4. The summed E-state index contributed by atoms with van der Waals surface area (Å²) in [6.07, 6.45) is 4.87. The first kappa shape index (κ1) is 16.4. The molecule has 3 rings (SSSR count). The van der Waals surface area contributed by atoms with Gasteiger partial charge in [-0.15, -0.1) is 0 Å². The van der Waals surface area contributed by atoms with Gasteiger partial charge in [0.05, 0.1) is 11.6 Å². The van der Waals surface area contributed by atoms with Crippen molar-refractivity contribution in [3.63, 3.8) is 0 Å². The highest BCUT2D eigenvalue weighted by atomic mass is 16.3. The molecule has 1 saturated heterocycles. The van der Waals surface area contributed by atoms with Crippen LogP contribution in [0.5, 0.6) is 0 Å². The van der Waals surface area contributed by atoms with Crippen LogP contribution in [-0.2, 0) is 0 Å². The first-order valence-corrected chi connectivity index (χ1v) is 8.74. The van der Waals surface area contributed by atoms with E-state index in [4.69, 9.17) is 4.42 Å². The number of carbonyl (C=O) groups is 1. The van der Waals surface area contributed by atoms with Crippen molar-refractivity contribution in [3.05, 3.63) is 23.2 Å². The summed E-state index contributed by atoms with van der Waals surface area (Å²) in [6, 6.07) is 1.87. The van der Waals surface area contributed by atoms with Gasteiger partial charge in [0.1, 0.15) is 11.5 Å². The van der Waals surface area contributed by atoms with Crippen LogP contribution in [0, 0.1) is 19.8 Å². The fourth-order valence-corrected chi connectivity index (χ4v) is 4.19. The Morgan fingerprint density at radius 3 is 2.91 bits per heavy atom. The van der Waals surface area contributed by atoms with E-state index in [1.807, 2.05) is 31.7 Å². The second-order valence-electron chi connectivity index (χ2n) is 7.28. The zero-order chi connectivity index (χ0) is 16.6. The quantitative estimate of drug-likeness (QED) is 0.879. The third kappa shape index (κ3) is 3.25. The van der Waals surface area contributed by atoms with Crippen molar-refractivity contribution in [2.24, 2.45) is 5.92 Å². The highest BCUT2D eigenvalue weighted by molar-refractivity contribution is 5.75. The third-order valence-electron chi connectivity index (χ3n) is 5.60. The largest absolute Gasteiger partial charge is 0.466 e. The van der Waals surface area contributed by atoms with Gasteiger partial charge < -0.3 is 19.7 Å². The van der Waals surface area contributed by atoms with Crippen molar-refractivity contribution in [2.45, 2.75) is 64.5 Å². The van der Waals surface area contributed by atoms with Gasteiger partial charge in [0, 0.05) is 24.6 Å². The average molecular weight is 320 g/mol. The smallest absolute Gasteiger partial charge is 0.317 e. The van der Waals surface area contributed by atoms with Gasteiger partial charge in [-0.05, 0) is 46.1 Å². The van der Waals surface area contributed by atoms with Crippen molar-refractivity contribution in [3.8, 4) is 0 Å². The van der Waals surface area contributed by atoms with Crippen molar-refractivity contribution in [1.82, 2.24) is 10.2 Å². The number of piperidine rings is 1. The van der Waals surface area contributed by atoms with Crippen LogP contribution in [0.4, 0.5) is 4.79 Å². The zero-order valence-corrected chi connectivity index (χ0v) is 14.4. The number of aryl methyl sites for hydroxylation is 2. The predicted molar refractivity (Wildman–Crippen MR) is 88.2 cm³/mol. The Hall–Kier alpha value is -1.49. The average Bonchev–Trinajstić information content (AvgIpc) is 2.85. The van der Waals surface area contributed by atoms with E-state index in [0.29, 0.717) is 19.5 Å². The number of nitrogens with one attached hydrogen (secondary N) is 1. The van der Waals surface area contributed by atoms with E-state index in [1.54, 1.807) is 0 Å². The molecule has 5 heteroatoms. The lowest BCUT2D eigenvalue weighted by atomic mass is 9.71. The number of likely N-dealkylation sites (tertiary alicyclic amines) is 1. The molecule has 3 atom stereocenters. The van der Waals surface area contributed by atoms with E-state index in [2.05, 4.69) is 5.32 Å². The summed E-state index contributed by atoms with van der Waals surface area (Å²) < 4.78 is 5.55. The predicted octanol–water partition coefficient (Wildman–Crippen LogP) is 3.29. The summed E-state index contributed by atoms with van der Waals surface area (Å²) >= 11 is 0. The Morgan fingerprint density at radius 2 is 2.22 bits per heavy atom. The molecule has 2 N–H and O–H groups in total. The number of aliphatic hydroxyl groups is 1. The molecule has 1 saturated carbocycles. The molecule has 2 fully saturated rings. The van der Waals surface area contributed by atoms with Gasteiger partial charge in [0.15, 0.2) is 0 Å². The van der Waals surface area contributed by atoms with Crippen molar-refractivity contribution >= 4 is 6.03 Å². The van der Waals surface area contributed by atoms with E-state index in [-0.39, 0.29) is 18.0 Å². The van der Waals surface area contributed by atoms with Crippen LogP contribution in [0.2, 0.25) is 0 Å². The normalized spacial score (nSPS) is 29.0. The van der Waals surface area contributed by atoms with Gasteiger partial charge in [0.25, 0.3) is 0 Å². The van der Waals surface area contributed by atoms with Crippen molar-refractivity contribution in [2.75, 3.05) is 13.1 Å². The number of hydrogen-bond donors (Lipinski definition) is 2. The van der Waals surface area contributed by atoms with Gasteiger partial charge >= 0.3 is 6.03 Å². The minimum atomic E-state index is -0.543. The van der Waals surface area contributed by atoms with E-state index < -0.39 is 5.60 Å². The van der Waals surface area contributed by atoms with E-state index in [9.17, 15) is 9.90 Å². The number of hydrogen-bond acceptors (Lipinski definition) is 3. The highest BCUT2D eigenvalue weighted by Crippen LogP contribution is 2.39. The van der Waals surface area contributed by atoms with Crippen LogP contribution in [-0.4, -0.2) is 34.7 Å². The number of carbonyl (C=O) groups excluding carboxylic acids is 1. The Bertz CT molecular complexity index is 583. The number of urea groups is 1. The van der Waals surface area contributed by atoms with Crippen LogP contribution in [0.1, 0.15) is 62.2 Å². The lowest BCUT2D eigenvalue weighted by Gasteiger charge is -2.47. The summed E-state index contributed by atoms with van der Waals surface area (Å²) in [7, 11) is 0. The molecular formula is C18H28N2O3. The van der Waals surface area contributed by atoms with Gasteiger partial charge in [-0.1, -0.05) is 12.8 Å². The molecule has 5 nitrogen and oxygen atoms in total. The second kappa shape index (κ2) is 6.19. The maximum atomic E-state index is 12.6. The Morgan fingerprint density at radius 1 is 1.43 bits per heavy atom. The van der Waals surface area contributed by atoms with Crippen LogP contribution in [0.3, 0.4) is 0 Å².